The zero-order valence-corrected chi connectivity index (χ0v) is 19.9. The highest BCUT2D eigenvalue weighted by molar-refractivity contribution is 5.99. The lowest BCUT2D eigenvalue weighted by atomic mass is 10.1. The Hall–Kier alpha value is -4.50. The van der Waals surface area contributed by atoms with Gasteiger partial charge in [0, 0.05) is 18.5 Å². The standard InChI is InChI=1S/C24H26N8O4/c1-14(33)16-10-24(16,26)23(34)27-7-4-8-36-19-6-3-5-18(35-2)22(19)17-9-20(32-31-17)30-21-13-28-15(11-25)12-29-21/h3,5-6,9,12-13,16H,4,7-8,10,26H2,1-2H3,(H,27,34)(H2,29,30,31,32)/t16-,24?/m0/s1. The van der Waals surface area contributed by atoms with Crippen LogP contribution in [0.4, 0.5) is 11.6 Å². The number of carbonyl (C=O) groups is 2. The Morgan fingerprint density at radius 2 is 2.08 bits per heavy atom. The van der Waals surface area contributed by atoms with Crippen LogP contribution in [0.5, 0.6) is 11.5 Å². The quantitative estimate of drug-likeness (QED) is 0.289. The molecule has 36 heavy (non-hydrogen) atoms. The SMILES string of the molecule is COc1cccc(OCCCNC(=O)C2(N)C[C@H]2C(C)=O)c1-c1cc(Nc2cnc(C#N)cn2)n[nH]1. The van der Waals surface area contributed by atoms with E-state index < -0.39 is 11.5 Å². The highest BCUT2D eigenvalue weighted by Gasteiger charge is 2.59. The van der Waals surface area contributed by atoms with E-state index in [-0.39, 0.29) is 17.4 Å². The Bertz CT molecular complexity index is 1300. The maximum atomic E-state index is 12.3. The number of benzene rings is 1. The van der Waals surface area contributed by atoms with Crippen LogP contribution in [0.1, 0.15) is 25.5 Å². The van der Waals surface area contributed by atoms with Crippen LogP contribution >= 0.6 is 0 Å². The second kappa shape index (κ2) is 10.4. The molecule has 1 aromatic carbocycles. The van der Waals surface area contributed by atoms with Crippen LogP contribution in [0.15, 0.2) is 36.7 Å². The number of hydrogen-bond donors (Lipinski definition) is 4. The molecule has 3 aromatic rings. The van der Waals surface area contributed by atoms with E-state index in [1.807, 2.05) is 24.3 Å². The van der Waals surface area contributed by atoms with Gasteiger partial charge in [0.1, 0.15) is 34.7 Å². The maximum absolute atomic E-state index is 12.3. The van der Waals surface area contributed by atoms with Crippen molar-refractivity contribution in [3.8, 4) is 28.8 Å². The fourth-order valence-electron chi connectivity index (χ4n) is 3.82. The van der Waals surface area contributed by atoms with Gasteiger partial charge < -0.3 is 25.8 Å². The number of nitrogens with two attached hydrogens (primary N) is 1. The zero-order valence-electron chi connectivity index (χ0n) is 19.9. The molecule has 5 N–H and O–H groups in total. The molecular formula is C24H26N8O4. The van der Waals surface area contributed by atoms with Crippen molar-refractivity contribution in [1.82, 2.24) is 25.5 Å². The van der Waals surface area contributed by atoms with Gasteiger partial charge in [-0.2, -0.15) is 10.4 Å². The van der Waals surface area contributed by atoms with Gasteiger partial charge in [-0.3, -0.25) is 14.7 Å². The monoisotopic (exact) mass is 490 g/mol. The number of aromatic amines is 1. The van der Waals surface area contributed by atoms with Crippen LogP contribution in [0.25, 0.3) is 11.3 Å². The molecule has 4 rings (SSSR count). The number of anilines is 2. The van der Waals surface area contributed by atoms with E-state index in [4.69, 9.17) is 20.5 Å². The van der Waals surface area contributed by atoms with Gasteiger partial charge in [0.15, 0.2) is 11.5 Å². The number of nitrogens with one attached hydrogen (secondary N) is 3. The molecule has 1 aliphatic carbocycles. The number of nitrogens with zero attached hydrogens (tertiary/aromatic N) is 4. The van der Waals surface area contributed by atoms with Gasteiger partial charge >= 0.3 is 0 Å². The molecule has 12 heteroatoms. The lowest BCUT2D eigenvalue weighted by molar-refractivity contribution is -0.126. The van der Waals surface area contributed by atoms with Crippen molar-refractivity contribution in [2.75, 3.05) is 25.6 Å². The van der Waals surface area contributed by atoms with Gasteiger partial charge in [0.25, 0.3) is 0 Å². The molecule has 2 heterocycles. The molecule has 2 atom stereocenters. The Morgan fingerprint density at radius 3 is 2.75 bits per heavy atom. The van der Waals surface area contributed by atoms with Gasteiger partial charge in [-0.05, 0) is 31.9 Å². The van der Waals surface area contributed by atoms with Crippen molar-refractivity contribution in [3.63, 3.8) is 0 Å². The number of methoxy groups -OCH3 is 1. The molecule has 186 valence electrons. The summed E-state index contributed by atoms with van der Waals surface area (Å²) in [4.78, 5) is 31.8. The Balaban J connectivity index is 1.37. The van der Waals surface area contributed by atoms with Gasteiger partial charge in [0.05, 0.1) is 37.4 Å². The molecule has 1 saturated carbocycles. The summed E-state index contributed by atoms with van der Waals surface area (Å²) in [6, 6.07) is 9.12. The average Bonchev–Trinajstić information content (AvgIpc) is 3.40. The molecule has 0 radical (unpaired) electrons. The van der Waals surface area contributed by atoms with Gasteiger partial charge in [0.2, 0.25) is 5.91 Å². The molecule has 0 bridgehead atoms. The highest BCUT2D eigenvalue weighted by atomic mass is 16.5. The van der Waals surface area contributed by atoms with Crippen molar-refractivity contribution >= 4 is 23.3 Å². The van der Waals surface area contributed by atoms with E-state index in [2.05, 4.69) is 30.8 Å². The summed E-state index contributed by atoms with van der Waals surface area (Å²) >= 11 is 0. The normalized spacial score (nSPS) is 18.1. The van der Waals surface area contributed by atoms with E-state index in [1.54, 1.807) is 13.2 Å². The number of ketones is 1. The van der Waals surface area contributed by atoms with Crippen LogP contribution < -0.4 is 25.8 Å². The van der Waals surface area contributed by atoms with Crippen molar-refractivity contribution < 1.29 is 19.1 Å². The van der Waals surface area contributed by atoms with Crippen LogP contribution in [0.3, 0.4) is 0 Å². The highest BCUT2D eigenvalue weighted by Crippen LogP contribution is 2.42. The third-order valence-corrected chi connectivity index (χ3v) is 5.86. The lowest BCUT2D eigenvalue weighted by Crippen LogP contribution is -2.45. The largest absolute Gasteiger partial charge is 0.496 e. The van der Waals surface area contributed by atoms with Gasteiger partial charge in [-0.15, -0.1) is 0 Å². The number of nitriles is 1. The van der Waals surface area contributed by atoms with Crippen LogP contribution in [-0.2, 0) is 9.59 Å². The van der Waals surface area contributed by atoms with Crippen molar-refractivity contribution in [3.05, 3.63) is 42.4 Å². The fraction of sp³-hybridized carbons (Fsp3) is 0.333. The first kappa shape index (κ1) is 24.6. The summed E-state index contributed by atoms with van der Waals surface area (Å²) < 4.78 is 11.5. The summed E-state index contributed by atoms with van der Waals surface area (Å²) in [6.07, 6.45) is 3.73. The third-order valence-electron chi connectivity index (χ3n) is 5.86. The first-order chi connectivity index (χ1) is 17.4. The summed E-state index contributed by atoms with van der Waals surface area (Å²) in [6.45, 7) is 2.14. The molecule has 1 aliphatic rings. The van der Waals surface area contributed by atoms with E-state index in [9.17, 15) is 9.59 Å². The van der Waals surface area contributed by atoms with Crippen LogP contribution in [0, 0.1) is 17.2 Å². The Kier molecular flexibility index (Phi) is 7.12. The number of hydrogen-bond acceptors (Lipinski definition) is 10. The van der Waals surface area contributed by atoms with Crippen LogP contribution in [0.2, 0.25) is 0 Å². The van der Waals surface area contributed by atoms with Gasteiger partial charge in [-0.25, -0.2) is 9.97 Å². The average molecular weight is 491 g/mol. The maximum Gasteiger partial charge on any atom is 0.240 e. The van der Waals surface area contributed by atoms with Crippen molar-refractivity contribution in [1.29, 1.82) is 5.26 Å². The summed E-state index contributed by atoms with van der Waals surface area (Å²) in [5.74, 6) is 1.31. The molecular weight excluding hydrogens is 464 g/mol. The molecule has 1 unspecified atom stereocenters. The number of rotatable bonds is 11. The second-order valence-corrected chi connectivity index (χ2v) is 8.39. The molecule has 1 amide bonds. The zero-order chi connectivity index (χ0) is 25.7. The minimum Gasteiger partial charge on any atom is -0.496 e. The van der Waals surface area contributed by atoms with Crippen molar-refractivity contribution in [2.45, 2.75) is 25.3 Å². The molecule has 12 nitrogen and oxygen atoms in total. The Morgan fingerprint density at radius 1 is 1.28 bits per heavy atom. The smallest absolute Gasteiger partial charge is 0.240 e. The molecule has 0 spiro atoms. The molecule has 0 aliphatic heterocycles. The van der Waals surface area contributed by atoms with E-state index in [0.717, 1.165) is 0 Å². The fourth-order valence-corrected chi connectivity index (χ4v) is 3.82. The topological polar surface area (TPSA) is 181 Å². The number of ether oxygens (including phenoxy) is 2. The minimum atomic E-state index is -1.08. The lowest BCUT2D eigenvalue weighted by Gasteiger charge is -2.15. The Labute approximate surface area is 207 Å². The number of carbonyl (C=O) groups excluding carboxylic acids is 2. The number of amides is 1. The minimum absolute atomic E-state index is 0.0662. The van der Waals surface area contributed by atoms with Crippen molar-refractivity contribution in [2.24, 2.45) is 11.7 Å². The van der Waals surface area contributed by atoms with E-state index in [1.165, 1.54) is 19.3 Å². The first-order valence-electron chi connectivity index (χ1n) is 11.3. The van der Waals surface area contributed by atoms with E-state index in [0.29, 0.717) is 60.4 Å². The molecule has 2 aromatic heterocycles. The summed E-state index contributed by atoms with van der Waals surface area (Å²) in [7, 11) is 1.56. The number of H-pyrrole nitrogens is 1. The third kappa shape index (κ3) is 5.26. The molecule has 1 fully saturated rings. The predicted octanol–water partition coefficient (Wildman–Crippen LogP) is 1.68. The first-order valence-corrected chi connectivity index (χ1v) is 11.3. The summed E-state index contributed by atoms with van der Waals surface area (Å²) in [5.41, 5.74) is 6.47. The van der Waals surface area contributed by atoms with Crippen LogP contribution in [-0.4, -0.2) is 57.7 Å². The second-order valence-electron chi connectivity index (χ2n) is 8.39. The van der Waals surface area contributed by atoms with E-state index >= 15 is 0 Å². The predicted molar refractivity (Wildman–Crippen MR) is 129 cm³/mol. The number of Topliss-reactive ketones (excluding diaryl/α,β-unsaturated/α-hetero) is 1. The van der Waals surface area contributed by atoms with Gasteiger partial charge in [-0.1, -0.05) is 6.07 Å². The number of aromatic nitrogens is 4. The summed E-state index contributed by atoms with van der Waals surface area (Å²) in [5, 5.41) is 21.9. The molecule has 0 saturated heterocycles.